The fraction of sp³-hybridized carbons (Fsp3) is 0.632. The summed E-state index contributed by atoms with van der Waals surface area (Å²) in [6.45, 7) is 8.30. The van der Waals surface area contributed by atoms with Crippen molar-refractivity contribution in [3.8, 4) is 0 Å². The molecule has 0 N–H and O–H groups in total. The molecule has 0 aromatic heterocycles. The van der Waals surface area contributed by atoms with E-state index in [9.17, 15) is 13.2 Å². The molecule has 7 heteroatoms. The molecule has 2 heterocycles. The number of hydrogen-bond donors (Lipinski definition) is 0. The number of amides is 1. The lowest BCUT2D eigenvalue weighted by Gasteiger charge is -2.34. The number of carbonyl (C=O) groups is 1. The molecule has 2 aliphatic rings. The molecular weight excluding hydrogens is 350 g/mol. The van der Waals surface area contributed by atoms with Gasteiger partial charge in [-0.2, -0.15) is 4.31 Å². The van der Waals surface area contributed by atoms with Gasteiger partial charge in [-0.25, -0.2) is 8.42 Å². The van der Waals surface area contributed by atoms with Crippen molar-refractivity contribution in [2.24, 2.45) is 11.8 Å². The quantitative estimate of drug-likeness (QED) is 0.803. The summed E-state index contributed by atoms with van der Waals surface area (Å²) in [5.41, 5.74) is 0.453. The molecule has 0 radical (unpaired) electrons. The van der Waals surface area contributed by atoms with E-state index in [2.05, 4.69) is 18.7 Å². The molecule has 2 atom stereocenters. The fourth-order valence-corrected chi connectivity index (χ4v) is 5.66. The second-order valence-electron chi connectivity index (χ2n) is 7.89. The van der Waals surface area contributed by atoms with Crippen LogP contribution < -0.4 is 0 Å². The standard InChI is InChI=1S/C19H29N3O3S/c1-15-11-16(2)14-22(13-15)26(24,25)18-6-4-5-17(12-18)19(23)21-9-7-20(3)8-10-21/h4-6,12,15-16H,7-11,13-14H2,1-3H3. The minimum atomic E-state index is -3.57. The smallest absolute Gasteiger partial charge is 0.253 e. The normalized spacial score (nSPS) is 26.0. The number of likely N-dealkylation sites (N-methyl/N-ethyl adjacent to an activating group) is 1. The van der Waals surface area contributed by atoms with Gasteiger partial charge in [0.15, 0.2) is 0 Å². The Bertz CT molecular complexity index is 747. The summed E-state index contributed by atoms with van der Waals surface area (Å²) in [6.07, 6.45) is 1.05. The van der Waals surface area contributed by atoms with Crippen molar-refractivity contribution in [1.29, 1.82) is 0 Å². The molecule has 2 unspecified atom stereocenters. The first-order chi connectivity index (χ1) is 12.3. The first-order valence-electron chi connectivity index (χ1n) is 9.35. The molecule has 1 aromatic carbocycles. The average Bonchev–Trinajstić information content (AvgIpc) is 2.61. The van der Waals surface area contributed by atoms with E-state index < -0.39 is 10.0 Å². The van der Waals surface area contributed by atoms with E-state index in [0.717, 1.165) is 19.5 Å². The zero-order valence-electron chi connectivity index (χ0n) is 15.9. The van der Waals surface area contributed by atoms with Crippen LogP contribution in [-0.2, 0) is 10.0 Å². The number of hydrogen-bond acceptors (Lipinski definition) is 4. The summed E-state index contributed by atoms with van der Waals surface area (Å²) in [4.78, 5) is 17.0. The maximum absolute atomic E-state index is 13.1. The van der Waals surface area contributed by atoms with Gasteiger partial charge in [0.05, 0.1) is 4.90 Å². The van der Waals surface area contributed by atoms with Crippen LogP contribution in [-0.4, -0.2) is 74.7 Å². The lowest BCUT2D eigenvalue weighted by Crippen LogP contribution is -2.47. The van der Waals surface area contributed by atoms with Crippen LogP contribution in [0.15, 0.2) is 29.2 Å². The summed E-state index contributed by atoms with van der Waals surface area (Å²) in [5.74, 6) is 0.614. The molecule has 0 spiro atoms. The molecule has 1 amide bonds. The lowest BCUT2D eigenvalue weighted by atomic mass is 9.94. The lowest BCUT2D eigenvalue weighted by molar-refractivity contribution is 0.0664. The second kappa shape index (κ2) is 7.66. The van der Waals surface area contributed by atoms with Gasteiger partial charge in [0.25, 0.3) is 5.91 Å². The Kier molecular flexibility index (Phi) is 5.69. The van der Waals surface area contributed by atoms with Crippen LogP contribution in [0.25, 0.3) is 0 Å². The SMILES string of the molecule is CC1CC(C)CN(S(=O)(=O)c2cccc(C(=O)N3CCN(C)CC3)c2)C1. The minimum Gasteiger partial charge on any atom is -0.336 e. The van der Waals surface area contributed by atoms with Crippen molar-refractivity contribution in [3.63, 3.8) is 0 Å². The number of piperazine rings is 1. The van der Waals surface area contributed by atoms with E-state index >= 15 is 0 Å². The zero-order valence-corrected chi connectivity index (χ0v) is 16.7. The molecule has 3 rings (SSSR count). The van der Waals surface area contributed by atoms with Crippen molar-refractivity contribution < 1.29 is 13.2 Å². The molecule has 0 saturated carbocycles. The van der Waals surface area contributed by atoms with Gasteiger partial charge in [-0.3, -0.25) is 4.79 Å². The topological polar surface area (TPSA) is 60.9 Å². The Hall–Kier alpha value is -1.44. The van der Waals surface area contributed by atoms with E-state index in [1.54, 1.807) is 33.5 Å². The Morgan fingerprint density at radius 1 is 1.04 bits per heavy atom. The van der Waals surface area contributed by atoms with Crippen LogP contribution in [0.2, 0.25) is 0 Å². The first kappa shape index (κ1) is 19.3. The molecule has 2 fully saturated rings. The van der Waals surface area contributed by atoms with E-state index in [-0.39, 0.29) is 10.8 Å². The Labute approximate surface area is 156 Å². The number of sulfonamides is 1. The number of nitrogens with zero attached hydrogens (tertiary/aromatic N) is 3. The van der Waals surface area contributed by atoms with Crippen molar-refractivity contribution in [1.82, 2.24) is 14.1 Å². The first-order valence-corrected chi connectivity index (χ1v) is 10.8. The van der Waals surface area contributed by atoms with Gasteiger partial charge in [0.1, 0.15) is 0 Å². The third-order valence-electron chi connectivity index (χ3n) is 5.34. The van der Waals surface area contributed by atoms with E-state index in [1.807, 2.05) is 7.05 Å². The number of carbonyl (C=O) groups excluding carboxylic acids is 1. The number of piperidine rings is 1. The van der Waals surface area contributed by atoms with Crippen molar-refractivity contribution in [2.75, 3.05) is 46.3 Å². The molecule has 2 aliphatic heterocycles. The van der Waals surface area contributed by atoms with E-state index in [1.165, 1.54) is 0 Å². The molecule has 26 heavy (non-hydrogen) atoms. The fourth-order valence-electron chi connectivity index (χ4n) is 3.93. The van der Waals surface area contributed by atoms with Crippen LogP contribution in [0.3, 0.4) is 0 Å². The predicted molar refractivity (Wildman–Crippen MR) is 102 cm³/mol. The highest BCUT2D eigenvalue weighted by Crippen LogP contribution is 2.27. The van der Waals surface area contributed by atoms with Gasteiger partial charge in [-0.05, 0) is 43.5 Å². The zero-order chi connectivity index (χ0) is 18.9. The third kappa shape index (κ3) is 4.10. The maximum atomic E-state index is 13.1. The predicted octanol–water partition coefficient (Wildman–Crippen LogP) is 1.74. The summed E-state index contributed by atoms with van der Waals surface area (Å²) in [6, 6.07) is 6.52. The molecule has 2 saturated heterocycles. The monoisotopic (exact) mass is 379 g/mol. The number of rotatable bonds is 3. The van der Waals surface area contributed by atoms with E-state index in [4.69, 9.17) is 0 Å². The van der Waals surface area contributed by atoms with Crippen LogP contribution >= 0.6 is 0 Å². The average molecular weight is 380 g/mol. The maximum Gasteiger partial charge on any atom is 0.253 e. The second-order valence-corrected chi connectivity index (χ2v) is 9.83. The molecular formula is C19H29N3O3S. The van der Waals surface area contributed by atoms with Gasteiger partial charge in [-0.1, -0.05) is 19.9 Å². The van der Waals surface area contributed by atoms with Crippen LogP contribution in [0.4, 0.5) is 0 Å². The van der Waals surface area contributed by atoms with Crippen molar-refractivity contribution in [3.05, 3.63) is 29.8 Å². The summed E-state index contributed by atoms with van der Waals surface area (Å²) >= 11 is 0. The molecule has 0 bridgehead atoms. The summed E-state index contributed by atoms with van der Waals surface area (Å²) in [5, 5.41) is 0. The van der Waals surface area contributed by atoms with Crippen LogP contribution in [0.5, 0.6) is 0 Å². The van der Waals surface area contributed by atoms with E-state index in [0.29, 0.717) is 43.6 Å². The van der Waals surface area contributed by atoms with Crippen LogP contribution in [0.1, 0.15) is 30.6 Å². The Morgan fingerprint density at radius 2 is 1.65 bits per heavy atom. The number of benzene rings is 1. The highest BCUT2D eigenvalue weighted by Gasteiger charge is 2.32. The third-order valence-corrected chi connectivity index (χ3v) is 7.17. The van der Waals surface area contributed by atoms with Gasteiger partial charge in [0.2, 0.25) is 10.0 Å². The highest BCUT2D eigenvalue weighted by atomic mass is 32.2. The minimum absolute atomic E-state index is 0.0875. The Balaban J connectivity index is 1.81. The van der Waals surface area contributed by atoms with Crippen molar-refractivity contribution in [2.45, 2.75) is 25.2 Å². The molecule has 6 nitrogen and oxygen atoms in total. The molecule has 0 aliphatic carbocycles. The molecule has 144 valence electrons. The van der Waals surface area contributed by atoms with Gasteiger partial charge in [0, 0.05) is 44.8 Å². The largest absolute Gasteiger partial charge is 0.336 e. The van der Waals surface area contributed by atoms with Gasteiger partial charge >= 0.3 is 0 Å². The summed E-state index contributed by atoms with van der Waals surface area (Å²) < 4.78 is 27.7. The Morgan fingerprint density at radius 3 is 2.27 bits per heavy atom. The summed E-state index contributed by atoms with van der Waals surface area (Å²) in [7, 11) is -1.53. The van der Waals surface area contributed by atoms with Gasteiger partial charge in [-0.15, -0.1) is 0 Å². The van der Waals surface area contributed by atoms with Crippen LogP contribution in [0, 0.1) is 11.8 Å². The molecule has 1 aromatic rings. The van der Waals surface area contributed by atoms with Crippen molar-refractivity contribution >= 4 is 15.9 Å². The van der Waals surface area contributed by atoms with Gasteiger partial charge < -0.3 is 9.80 Å². The highest BCUT2D eigenvalue weighted by molar-refractivity contribution is 7.89.